The molecule has 2 fully saturated rings. The van der Waals surface area contributed by atoms with Gasteiger partial charge in [-0.25, -0.2) is 15.0 Å². The van der Waals surface area contributed by atoms with Crippen molar-refractivity contribution in [1.82, 2.24) is 42.0 Å². The van der Waals surface area contributed by atoms with Crippen LogP contribution in [-0.2, 0) is 34.9 Å². The number of benzene rings is 1. The van der Waals surface area contributed by atoms with Crippen LogP contribution in [0.4, 0.5) is 9.59 Å². The zero-order valence-electron chi connectivity index (χ0n) is 33.6. The van der Waals surface area contributed by atoms with Gasteiger partial charge in [0, 0.05) is 49.5 Å². The Balaban J connectivity index is 0.843. The minimum absolute atomic E-state index is 0.0400. The normalized spacial score (nSPS) is 19.3. The van der Waals surface area contributed by atoms with Gasteiger partial charge >= 0.3 is 12.1 Å². The van der Waals surface area contributed by atoms with E-state index in [4.69, 9.17) is 23.7 Å². The largest absolute Gasteiger partial charge is 0.508 e. The van der Waals surface area contributed by atoms with Crippen LogP contribution in [0, 0.1) is 0 Å². The fourth-order valence-corrected chi connectivity index (χ4v) is 7.95. The van der Waals surface area contributed by atoms with E-state index < -0.39 is 0 Å². The number of carbonyl (C=O) groups is 3. The molecule has 3 heterocycles. The Morgan fingerprint density at radius 2 is 1.56 bits per heavy atom. The topological polar surface area (TPSA) is 213 Å². The van der Waals surface area contributed by atoms with E-state index in [2.05, 4.69) is 37.0 Å². The predicted molar refractivity (Wildman–Crippen MR) is 216 cm³/mol. The maximum absolute atomic E-state index is 12.4. The molecule has 9 N–H and O–H groups in total. The summed E-state index contributed by atoms with van der Waals surface area (Å²) in [5.41, 5.74) is 7.31. The SMILES string of the molecule is CN(C)[C@H](CNC(=O)NCCC1=CN(CCOCCOCCOCCOCCOCCNC(=O)CCCC[C@@H]2SC[C@@H]3NC(=O)N[C@@H]32)N[NH2+]1)Cc1ccc(O)cc1. The monoisotopic (exact) mass is 824 g/mol. The number of quaternary nitrogens is 1. The molecule has 0 bridgehead atoms. The van der Waals surface area contributed by atoms with Crippen molar-refractivity contribution in [1.29, 1.82) is 0 Å². The van der Waals surface area contributed by atoms with Gasteiger partial charge in [0.05, 0.1) is 90.9 Å². The lowest BCUT2D eigenvalue weighted by atomic mass is 10.0. The van der Waals surface area contributed by atoms with Crippen molar-refractivity contribution >= 4 is 29.7 Å². The van der Waals surface area contributed by atoms with E-state index in [1.54, 1.807) is 12.1 Å². The van der Waals surface area contributed by atoms with Crippen molar-refractivity contribution in [2.75, 3.05) is 112 Å². The summed E-state index contributed by atoms with van der Waals surface area (Å²) < 4.78 is 27.8. The molecular weight excluding hydrogens is 759 g/mol. The van der Waals surface area contributed by atoms with Gasteiger partial charge in [0.1, 0.15) is 11.4 Å². The van der Waals surface area contributed by atoms with E-state index in [0.717, 1.165) is 42.7 Å². The number of carbonyl (C=O) groups excluding carboxylic acids is 3. The second-order valence-electron chi connectivity index (χ2n) is 14.3. The van der Waals surface area contributed by atoms with Crippen molar-refractivity contribution in [2.45, 2.75) is 61.9 Å². The van der Waals surface area contributed by atoms with Crippen molar-refractivity contribution in [3.05, 3.63) is 41.7 Å². The summed E-state index contributed by atoms with van der Waals surface area (Å²) in [6.45, 7) is 6.96. The van der Waals surface area contributed by atoms with Gasteiger partial charge in [-0.2, -0.15) is 11.8 Å². The molecule has 4 atom stereocenters. The van der Waals surface area contributed by atoms with Crippen LogP contribution in [0.25, 0.3) is 0 Å². The molecule has 0 unspecified atom stereocenters. The summed E-state index contributed by atoms with van der Waals surface area (Å²) in [6, 6.07) is 7.48. The number of phenols is 1. The third-order valence-corrected chi connectivity index (χ3v) is 11.2. The molecule has 322 valence electrons. The number of hydrazine groups is 1. The number of hydrogen-bond donors (Lipinski definition) is 8. The quantitative estimate of drug-likeness (QED) is 0.0273. The van der Waals surface area contributed by atoms with Gasteiger partial charge < -0.3 is 60.3 Å². The first-order valence-corrected chi connectivity index (χ1v) is 21.2. The Kier molecular flexibility index (Phi) is 22.2. The molecule has 0 aromatic heterocycles. The average Bonchev–Trinajstić information content (AvgIpc) is 3.91. The summed E-state index contributed by atoms with van der Waals surface area (Å²) >= 11 is 1.90. The minimum Gasteiger partial charge on any atom is -0.508 e. The number of nitrogens with one attached hydrogen (secondary N) is 6. The molecule has 1 aromatic rings. The highest BCUT2D eigenvalue weighted by Crippen LogP contribution is 2.33. The molecule has 0 spiro atoms. The Labute approximate surface area is 341 Å². The molecule has 3 aliphatic rings. The fraction of sp³-hybridized carbons (Fsp3) is 0.711. The van der Waals surface area contributed by atoms with Gasteiger partial charge in [-0.3, -0.25) is 9.80 Å². The summed E-state index contributed by atoms with van der Waals surface area (Å²) in [4.78, 5) is 38.0. The van der Waals surface area contributed by atoms with Gasteiger partial charge in [-0.05, 0) is 51.1 Å². The molecule has 5 amide bonds. The smallest absolute Gasteiger partial charge is 0.315 e. The van der Waals surface area contributed by atoms with Gasteiger partial charge in [-0.1, -0.05) is 24.1 Å². The van der Waals surface area contributed by atoms with Crippen LogP contribution in [0.1, 0.15) is 37.7 Å². The summed E-state index contributed by atoms with van der Waals surface area (Å²) in [5.74, 6) is 1.24. The Hall–Kier alpha value is -3.40. The van der Waals surface area contributed by atoms with E-state index in [1.165, 1.54) is 0 Å². The Bertz CT molecular complexity index is 1350. The molecule has 57 heavy (non-hydrogen) atoms. The standard InChI is InChI=1S/C38H65N9O9S/c1-46(2)31(25-29-7-9-32(48)10-8-29)26-41-37(50)40-12-11-30-27-47(45-44-30)14-16-53-18-20-55-22-24-56-23-21-54-19-17-52-15-13-39-35(49)6-4-3-5-34-36-33(28-57-34)42-38(51)43-36/h7-10,27,31,33-34,36,44-45,48H,3-6,11-26,28H2,1-2H3,(H,39,49)(H2,40,41,50)(H2,42,43,51)/p+1/t31-,33-,34-,36-/m0/s1. The number of nitrogens with zero attached hydrogens (tertiary/aromatic N) is 2. The third-order valence-electron chi connectivity index (χ3n) is 9.69. The van der Waals surface area contributed by atoms with E-state index >= 15 is 0 Å². The van der Waals surface area contributed by atoms with Crippen molar-refractivity contribution in [3.63, 3.8) is 0 Å². The minimum atomic E-state index is -0.197. The Morgan fingerprint density at radius 3 is 2.25 bits per heavy atom. The van der Waals surface area contributed by atoms with E-state index in [0.29, 0.717) is 110 Å². The van der Waals surface area contributed by atoms with Crippen molar-refractivity contribution in [3.8, 4) is 5.75 Å². The van der Waals surface area contributed by atoms with Crippen LogP contribution in [0.2, 0.25) is 0 Å². The second kappa shape index (κ2) is 27.3. The molecule has 3 aliphatic heterocycles. The summed E-state index contributed by atoms with van der Waals surface area (Å²) in [7, 11) is 3.98. The molecule has 4 rings (SSSR count). The second-order valence-corrected chi connectivity index (χ2v) is 15.6. The van der Waals surface area contributed by atoms with Crippen molar-refractivity contribution < 1.29 is 48.6 Å². The van der Waals surface area contributed by atoms with Gasteiger partial charge in [0.15, 0.2) is 0 Å². The molecule has 0 saturated carbocycles. The number of aromatic hydroxyl groups is 1. The number of unbranched alkanes of at least 4 members (excludes halogenated alkanes) is 1. The van der Waals surface area contributed by atoms with Gasteiger partial charge in [0.2, 0.25) is 5.91 Å². The number of rotatable bonds is 31. The van der Waals surface area contributed by atoms with Crippen LogP contribution >= 0.6 is 11.8 Å². The molecule has 1 aromatic carbocycles. The lowest BCUT2D eigenvalue weighted by Crippen LogP contribution is -2.90. The zero-order valence-corrected chi connectivity index (χ0v) is 34.5. The first-order chi connectivity index (χ1) is 27.8. The number of thioether (sulfide) groups is 1. The first-order valence-electron chi connectivity index (χ1n) is 20.1. The summed E-state index contributed by atoms with van der Waals surface area (Å²) in [6.07, 6.45) is 6.80. The molecule has 0 aliphatic carbocycles. The Morgan fingerprint density at radius 1 is 0.895 bits per heavy atom. The molecular formula is C38H66N9O9S+. The van der Waals surface area contributed by atoms with Crippen molar-refractivity contribution in [2.24, 2.45) is 0 Å². The maximum Gasteiger partial charge on any atom is 0.315 e. The molecule has 2 saturated heterocycles. The third kappa shape index (κ3) is 19.3. The predicted octanol–water partition coefficient (Wildman–Crippen LogP) is -0.381. The van der Waals surface area contributed by atoms with E-state index in [1.807, 2.05) is 54.6 Å². The average molecular weight is 825 g/mol. The number of amides is 5. The first kappa shape index (κ1) is 46.3. The number of nitrogens with two attached hydrogens (primary N) is 1. The van der Waals surface area contributed by atoms with Crippen LogP contribution in [0.3, 0.4) is 0 Å². The molecule has 0 radical (unpaired) electrons. The zero-order chi connectivity index (χ0) is 40.5. The summed E-state index contributed by atoms with van der Waals surface area (Å²) in [5, 5.41) is 26.6. The number of likely N-dealkylation sites (N-methyl/N-ethyl adjacent to an activating group) is 1. The number of hydrogen-bond acceptors (Lipinski definition) is 13. The number of ether oxygens (including phenoxy) is 5. The fourth-order valence-electron chi connectivity index (χ4n) is 6.41. The lowest BCUT2D eigenvalue weighted by Gasteiger charge is -2.25. The van der Waals surface area contributed by atoms with Gasteiger partial charge in [0.25, 0.3) is 0 Å². The molecule has 19 heteroatoms. The number of phenolic OH excluding ortho intramolecular Hbond substituents is 1. The highest BCUT2D eigenvalue weighted by molar-refractivity contribution is 8.00. The number of urea groups is 2. The lowest BCUT2D eigenvalue weighted by molar-refractivity contribution is -0.678. The van der Waals surface area contributed by atoms with Crippen LogP contribution in [-0.4, -0.2) is 168 Å². The highest BCUT2D eigenvalue weighted by atomic mass is 32.2. The van der Waals surface area contributed by atoms with Crippen LogP contribution in [0.5, 0.6) is 5.75 Å². The van der Waals surface area contributed by atoms with E-state index in [-0.39, 0.29) is 41.8 Å². The van der Waals surface area contributed by atoms with Crippen LogP contribution < -0.4 is 37.5 Å². The van der Waals surface area contributed by atoms with E-state index in [9.17, 15) is 19.5 Å². The molecule has 18 nitrogen and oxygen atoms in total. The maximum atomic E-state index is 12.4. The van der Waals surface area contributed by atoms with Crippen LogP contribution in [0.15, 0.2) is 36.2 Å². The van der Waals surface area contributed by atoms with Gasteiger partial charge in [-0.15, -0.1) is 0 Å². The highest BCUT2D eigenvalue weighted by Gasteiger charge is 2.42. The number of fused-ring (bicyclic) bond motifs is 1.